The molecule has 3 N–H and O–H groups in total. The van der Waals surface area contributed by atoms with E-state index in [1.807, 2.05) is 20.8 Å². The third-order valence-electron chi connectivity index (χ3n) is 2.89. The Kier molecular flexibility index (Phi) is 5.91. The lowest BCUT2D eigenvalue weighted by Crippen LogP contribution is -2.41. The van der Waals surface area contributed by atoms with Crippen LogP contribution in [0.2, 0.25) is 0 Å². The normalized spacial score (nSPS) is 13.7. The van der Waals surface area contributed by atoms with Crippen molar-refractivity contribution in [1.29, 1.82) is 0 Å². The molecular weight excluding hydrogens is 283 g/mol. The second-order valence-electron chi connectivity index (χ2n) is 4.81. The Morgan fingerprint density at radius 2 is 2.05 bits per heavy atom. The van der Waals surface area contributed by atoms with Crippen LogP contribution < -0.4 is 10.5 Å². The molecule has 5 nitrogen and oxygen atoms in total. The molecule has 1 aromatic rings. The monoisotopic (exact) mass is 304 g/mol. The zero-order chi connectivity index (χ0) is 15.3. The molecule has 0 aliphatic rings. The van der Waals surface area contributed by atoms with Crippen molar-refractivity contribution in [3.63, 3.8) is 0 Å². The van der Waals surface area contributed by atoms with Crippen LogP contribution in [0.3, 0.4) is 0 Å². The fourth-order valence-electron chi connectivity index (χ4n) is 1.56. The molecule has 0 radical (unpaired) electrons. The van der Waals surface area contributed by atoms with Crippen LogP contribution in [0.5, 0.6) is 0 Å². The van der Waals surface area contributed by atoms with E-state index >= 15 is 0 Å². The van der Waals surface area contributed by atoms with Gasteiger partial charge in [-0.1, -0.05) is 13.8 Å². The summed E-state index contributed by atoms with van der Waals surface area (Å²) in [5.74, 6) is -0.576. The van der Waals surface area contributed by atoms with Crippen LogP contribution in [-0.2, 0) is 14.8 Å². The summed E-state index contributed by atoms with van der Waals surface area (Å²) in [5.41, 5.74) is 5.20. The minimum Gasteiger partial charge on any atom is -0.396 e. The Morgan fingerprint density at radius 3 is 2.55 bits per heavy atom. The summed E-state index contributed by atoms with van der Waals surface area (Å²) < 4.78 is 45.4. The summed E-state index contributed by atoms with van der Waals surface area (Å²) in [5, 5.41) is 0. The van der Waals surface area contributed by atoms with Gasteiger partial charge in [-0.25, -0.2) is 17.5 Å². The number of nitrogens with one attached hydrogen (secondary N) is 1. The molecule has 114 valence electrons. The largest absolute Gasteiger partial charge is 0.396 e. The number of hydrogen-bond donors (Lipinski definition) is 2. The SMILES string of the molecule is CCOCC(NS(=O)(=O)c1ccc(F)c(N)c1)C(C)C. The van der Waals surface area contributed by atoms with Gasteiger partial charge >= 0.3 is 0 Å². The van der Waals surface area contributed by atoms with E-state index in [0.717, 1.165) is 12.1 Å². The Hall–Kier alpha value is -1.18. The van der Waals surface area contributed by atoms with Gasteiger partial charge in [-0.15, -0.1) is 0 Å². The third-order valence-corrected chi connectivity index (χ3v) is 4.38. The summed E-state index contributed by atoms with van der Waals surface area (Å²) in [6.45, 7) is 6.42. The van der Waals surface area contributed by atoms with E-state index in [1.54, 1.807) is 0 Å². The second kappa shape index (κ2) is 7.01. The van der Waals surface area contributed by atoms with Gasteiger partial charge in [-0.3, -0.25) is 0 Å². The predicted molar refractivity (Wildman–Crippen MR) is 76.3 cm³/mol. The predicted octanol–water partition coefficient (Wildman–Crippen LogP) is 1.75. The van der Waals surface area contributed by atoms with Crippen molar-refractivity contribution in [2.45, 2.75) is 31.7 Å². The van der Waals surface area contributed by atoms with Gasteiger partial charge < -0.3 is 10.5 Å². The van der Waals surface area contributed by atoms with Crippen molar-refractivity contribution in [2.75, 3.05) is 18.9 Å². The highest BCUT2D eigenvalue weighted by Gasteiger charge is 2.23. The molecule has 1 rings (SSSR count). The number of ether oxygens (including phenoxy) is 1. The molecule has 1 aromatic carbocycles. The number of halogens is 1. The minimum absolute atomic E-state index is 0.0569. The van der Waals surface area contributed by atoms with Gasteiger partial charge in [0.1, 0.15) is 5.82 Å². The lowest BCUT2D eigenvalue weighted by molar-refractivity contribution is 0.116. The van der Waals surface area contributed by atoms with Crippen molar-refractivity contribution < 1.29 is 17.5 Å². The molecule has 0 bridgehead atoms. The highest BCUT2D eigenvalue weighted by Crippen LogP contribution is 2.17. The van der Waals surface area contributed by atoms with Crippen molar-refractivity contribution in [2.24, 2.45) is 5.92 Å². The average molecular weight is 304 g/mol. The minimum atomic E-state index is -3.75. The highest BCUT2D eigenvalue weighted by molar-refractivity contribution is 7.89. The molecule has 1 unspecified atom stereocenters. The fraction of sp³-hybridized carbons (Fsp3) is 0.538. The Morgan fingerprint density at radius 1 is 1.40 bits per heavy atom. The van der Waals surface area contributed by atoms with Crippen LogP contribution in [-0.4, -0.2) is 27.7 Å². The Labute approximate surface area is 119 Å². The Bertz CT molecular complexity index is 547. The first-order chi connectivity index (χ1) is 9.27. The molecule has 0 heterocycles. The smallest absolute Gasteiger partial charge is 0.240 e. The zero-order valence-electron chi connectivity index (χ0n) is 11.9. The first kappa shape index (κ1) is 16.9. The van der Waals surface area contributed by atoms with Crippen molar-refractivity contribution in [3.05, 3.63) is 24.0 Å². The fourth-order valence-corrected chi connectivity index (χ4v) is 2.97. The van der Waals surface area contributed by atoms with Crippen molar-refractivity contribution in [1.82, 2.24) is 4.72 Å². The number of benzene rings is 1. The van der Waals surface area contributed by atoms with E-state index < -0.39 is 15.8 Å². The van der Waals surface area contributed by atoms with E-state index in [-0.39, 0.29) is 29.1 Å². The standard InChI is InChI=1S/C13H21FN2O3S/c1-4-19-8-13(9(2)3)16-20(17,18)10-5-6-11(14)12(15)7-10/h5-7,9,13,16H,4,8,15H2,1-3H3. The zero-order valence-corrected chi connectivity index (χ0v) is 12.7. The molecule has 0 saturated carbocycles. The maximum atomic E-state index is 13.1. The average Bonchev–Trinajstić information content (AvgIpc) is 2.37. The summed E-state index contributed by atoms with van der Waals surface area (Å²) in [6.07, 6.45) is 0. The van der Waals surface area contributed by atoms with Crippen molar-refractivity contribution >= 4 is 15.7 Å². The number of anilines is 1. The Balaban J connectivity index is 2.94. The number of sulfonamides is 1. The van der Waals surface area contributed by atoms with E-state index in [4.69, 9.17) is 10.5 Å². The van der Waals surface area contributed by atoms with Crippen LogP contribution in [0.25, 0.3) is 0 Å². The van der Waals surface area contributed by atoms with Gasteiger partial charge in [0.25, 0.3) is 0 Å². The molecule has 7 heteroatoms. The highest BCUT2D eigenvalue weighted by atomic mass is 32.2. The molecule has 0 aliphatic heterocycles. The molecule has 0 fully saturated rings. The first-order valence-electron chi connectivity index (χ1n) is 6.43. The lowest BCUT2D eigenvalue weighted by atomic mass is 10.1. The summed E-state index contributed by atoms with van der Waals surface area (Å²) in [4.78, 5) is -0.0569. The molecular formula is C13H21FN2O3S. The van der Waals surface area contributed by atoms with Gasteiger partial charge in [0.15, 0.2) is 0 Å². The third kappa shape index (κ3) is 4.43. The number of nitrogens with two attached hydrogens (primary N) is 1. The van der Waals surface area contributed by atoms with Crippen LogP contribution in [0, 0.1) is 11.7 Å². The molecule has 0 aliphatic carbocycles. The maximum Gasteiger partial charge on any atom is 0.240 e. The van der Waals surface area contributed by atoms with E-state index in [2.05, 4.69) is 4.72 Å². The number of nitrogen functional groups attached to an aromatic ring is 1. The van der Waals surface area contributed by atoms with Gasteiger partial charge in [-0.2, -0.15) is 0 Å². The molecule has 0 aromatic heterocycles. The van der Waals surface area contributed by atoms with Crippen LogP contribution in [0.15, 0.2) is 23.1 Å². The van der Waals surface area contributed by atoms with Gasteiger partial charge in [0, 0.05) is 12.6 Å². The number of hydrogen-bond acceptors (Lipinski definition) is 4. The van der Waals surface area contributed by atoms with Crippen molar-refractivity contribution in [3.8, 4) is 0 Å². The molecule has 20 heavy (non-hydrogen) atoms. The number of rotatable bonds is 7. The van der Waals surface area contributed by atoms with Gasteiger partial charge in [0.2, 0.25) is 10.0 Å². The molecule has 0 spiro atoms. The van der Waals surface area contributed by atoms with Gasteiger partial charge in [0.05, 0.1) is 17.2 Å². The second-order valence-corrected chi connectivity index (χ2v) is 6.53. The summed E-state index contributed by atoms with van der Waals surface area (Å²) >= 11 is 0. The quantitative estimate of drug-likeness (QED) is 0.752. The summed E-state index contributed by atoms with van der Waals surface area (Å²) in [6, 6.07) is 2.98. The summed E-state index contributed by atoms with van der Waals surface area (Å²) in [7, 11) is -3.75. The van der Waals surface area contributed by atoms with Gasteiger partial charge in [-0.05, 0) is 31.0 Å². The first-order valence-corrected chi connectivity index (χ1v) is 7.91. The topological polar surface area (TPSA) is 81.4 Å². The maximum absolute atomic E-state index is 13.1. The lowest BCUT2D eigenvalue weighted by Gasteiger charge is -2.22. The molecule has 0 saturated heterocycles. The van der Waals surface area contributed by atoms with E-state index in [0.29, 0.717) is 6.61 Å². The van der Waals surface area contributed by atoms with E-state index in [1.165, 1.54) is 6.07 Å². The van der Waals surface area contributed by atoms with Crippen LogP contribution >= 0.6 is 0 Å². The van der Waals surface area contributed by atoms with E-state index in [9.17, 15) is 12.8 Å². The van der Waals surface area contributed by atoms with Crippen LogP contribution in [0.4, 0.5) is 10.1 Å². The van der Waals surface area contributed by atoms with Crippen LogP contribution in [0.1, 0.15) is 20.8 Å². The molecule has 0 amide bonds. The molecule has 1 atom stereocenters.